The van der Waals surface area contributed by atoms with Gasteiger partial charge in [-0.2, -0.15) is 13.2 Å². The van der Waals surface area contributed by atoms with Crippen LogP contribution in [0.5, 0.6) is 5.75 Å². The molecule has 0 aromatic heterocycles. The van der Waals surface area contributed by atoms with E-state index >= 15 is 0 Å². The standard InChI is InChI=1S/C29H41F3N4O2/c1-19(9-11-36(5)12-10-29(30,31)32)22-8-7-20(2)27(16-22)28(37)35-21(3)23-13-24(15-26(14-23)38-6)25(17-33)18-34-4/h13-19,21H,7-12,33H2,1-6H3,(H,35,37)/b25-17+,34-18?. The van der Waals surface area contributed by atoms with Crippen molar-refractivity contribution in [3.05, 3.63) is 58.3 Å². The van der Waals surface area contributed by atoms with Gasteiger partial charge in [0.2, 0.25) is 0 Å². The highest BCUT2D eigenvalue weighted by molar-refractivity contribution is 6.09. The van der Waals surface area contributed by atoms with Crippen molar-refractivity contribution in [3.63, 3.8) is 0 Å². The molecule has 0 saturated carbocycles. The molecule has 210 valence electrons. The van der Waals surface area contributed by atoms with Crippen molar-refractivity contribution in [1.82, 2.24) is 10.2 Å². The van der Waals surface area contributed by atoms with Crippen LogP contribution in [0.1, 0.15) is 63.6 Å². The molecule has 1 aromatic carbocycles. The Morgan fingerprint density at radius 1 is 1.24 bits per heavy atom. The zero-order valence-electron chi connectivity index (χ0n) is 23.3. The topological polar surface area (TPSA) is 80.0 Å². The fourth-order valence-corrected chi connectivity index (χ4v) is 4.39. The fourth-order valence-electron chi connectivity index (χ4n) is 4.39. The highest BCUT2D eigenvalue weighted by Crippen LogP contribution is 2.31. The minimum absolute atomic E-state index is 0.0143. The smallest absolute Gasteiger partial charge is 0.390 e. The average molecular weight is 535 g/mol. The van der Waals surface area contributed by atoms with Crippen molar-refractivity contribution in [1.29, 1.82) is 0 Å². The van der Waals surface area contributed by atoms with Crippen molar-refractivity contribution >= 4 is 17.7 Å². The molecule has 2 atom stereocenters. The molecule has 0 radical (unpaired) electrons. The third-order valence-electron chi connectivity index (χ3n) is 6.97. The Morgan fingerprint density at radius 2 is 1.95 bits per heavy atom. The lowest BCUT2D eigenvalue weighted by molar-refractivity contribution is -0.137. The maximum absolute atomic E-state index is 13.3. The predicted molar refractivity (Wildman–Crippen MR) is 148 cm³/mol. The number of methoxy groups -OCH3 is 1. The van der Waals surface area contributed by atoms with Crippen LogP contribution in [-0.2, 0) is 4.79 Å². The van der Waals surface area contributed by atoms with Crippen LogP contribution >= 0.6 is 0 Å². The highest BCUT2D eigenvalue weighted by atomic mass is 19.4. The molecule has 1 amide bonds. The fraction of sp³-hybridized carbons (Fsp3) is 0.517. The van der Waals surface area contributed by atoms with Crippen LogP contribution in [0.25, 0.3) is 5.57 Å². The maximum atomic E-state index is 13.3. The Morgan fingerprint density at radius 3 is 2.55 bits per heavy atom. The molecule has 6 nitrogen and oxygen atoms in total. The molecular weight excluding hydrogens is 493 g/mol. The van der Waals surface area contributed by atoms with Crippen LogP contribution in [0, 0.1) is 5.92 Å². The summed E-state index contributed by atoms with van der Waals surface area (Å²) in [6, 6.07) is 5.40. The van der Waals surface area contributed by atoms with E-state index in [1.807, 2.05) is 38.1 Å². The number of halogens is 3. The zero-order chi connectivity index (χ0) is 28.5. The first-order valence-corrected chi connectivity index (χ1v) is 12.9. The summed E-state index contributed by atoms with van der Waals surface area (Å²) in [4.78, 5) is 19.1. The number of alkyl halides is 3. The second-order valence-electron chi connectivity index (χ2n) is 9.97. The minimum atomic E-state index is -4.15. The summed E-state index contributed by atoms with van der Waals surface area (Å²) in [6.45, 7) is 6.51. The summed E-state index contributed by atoms with van der Waals surface area (Å²) in [5.41, 5.74) is 11.0. The Kier molecular flexibility index (Phi) is 11.6. The Bertz CT molecular complexity index is 1090. The van der Waals surface area contributed by atoms with Gasteiger partial charge in [-0.25, -0.2) is 0 Å². The zero-order valence-corrected chi connectivity index (χ0v) is 23.3. The lowest BCUT2D eigenvalue weighted by atomic mass is 9.85. The quantitative estimate of drug-likeness (QED) is 0.331. The number of nitrogens with zero attached hydrogens (tertiary/aromatic N) is 2. The molecule has 9 heteroatoms. The summed E-state index contributed by atoms with van der Waals surface area (Å²) in [5, 5.41) is 3.11. The van der Waals surface area contributed by atoms with Gasteiger partial charge in [-0.15, -0.1) is 0 Å². The number of carbonyl (C=O) groups excluding carboxylic acids is 1. The molecule has 2 unspecified atom stereocenters. The molecule has 0 spiro atoms. The molecule has 38 heavy (non-hydrogen) atoms. The van der Waals surface area contributed by atoms with Crippen molar-refractivity contribution < 1.29 is 22.7 Å². The minimum Gasteiger partial charge on any atom is -0.497 e. The van der Waals surface area contributed by atoms with Crippen LogP contribution in [0.2, 0.25) is 0 Å². The van der Waals surface area contributed by atoms with E-state index in [-0.39, 0.29) is 24.4 Å². The summed E-state index contributed by atoms with van der Waals surface area (Å²) in [6.07, 6.45) is 2.51. The van der Waals surface area contributed by atoms with Gasteiger partial charge in [0.1, 0.15) is 5.75 Å². The lowest BCUT2D eigenvalue weighted by Crippen LogP contribution is -2.29. The van der Waals surface area contributed by atoms with E-state index in [9.17, 15) is 18.0 Å². The first-order valence-electron chi connectivity index (χ1n) is 12.9. The van der Waals surface area contributed by atoms with Crippen LogP contribution in [0.3, 0.4) is 0 Å². The monoisotopic (exact) mass is 534 g/mol. The molecule has 1 aromatic rings. The van der Waals surface area contributed by atoms with Crippen LogP contribution in [-0.4, -0.2) is 57.5 Å². The summed E-state index contributed by atoms with van der Waals surface area (Å²) in [7, 11) is 4.97. The average Bonchev–Trinajstić information content (AvgIpc) is 2.88. The van der Waals surface area contributed by atoms with Gasteiger partial charge in [-0.3, -0.25) is 9.79 Å². The van der Waals surface area contributed by atoms with Gasteiger partial charge in [-0.1, -0.05) is 24.1 Å². The van der Waals surface area contributed by atoms with Crippen molar-refractivity contribution in [2.75, 3.05) is 34.3 Å². The third kappa shape index (κ3) is 9.35. The second-order valence-corrected chi connectivity index (χ2v) is 9.97. The Labute approximate surface area is 224 Å². The van der Waals surface area contributed by atoms with Crippen molar-refractivity contribution in [2.45, 2.75) is 58.7 Å². The van der Waals surface area contributed by atoms with E-state index in [2.05, 4.69) is 17.2 Å². The number of nitrogens with one attached hydrogen (secondary N) is 1. The van der Waals surface area contributed by atoms with Gasteiger partial charge in [0.25, 0.3) is 5.91 Å². The maximum Gasteiger partial charge on any atom is 0.390 e. The van der Waals surface area contributed by atoms with Crippen LogP contribution in [0.4, 0.5) is 13.2 Å². The SMILES string of the molecule is CN=C/C(=C\N)c1cc(OC)cc(C(C)NC(=O)C2=C(C)CCC(C(C)CCN(C)CCC(F)(F)F)=C2)c1. The van der Waals surface area contributed by atoms with E-state index < -0.39 is 12.6 Å². The van der Waals surface area contributed by atoms with Crippen LogP contribution in [0.15, 0.2) is 52.2 Å². The largest absolute Gasteiger partial charge is 0.497 e. The summed E-state index contributed by atoms with van der Waals surface area (Å²) in [5.74, 6) is 0.654. The molecule has 1 aliphatic rings. The molecule has 0 bridgehead atoms. The van der Waals surface area contributed by atoms with Gasteiger partial charge in [0, 0.05) is 37.2 Å². The lowest BCUT2D eigenvalue weighted by Gasteiger charge is -2.25. The van der Waals surface area contributed by atoms with Gasteiger partial charge in [0.15, 0.2) is 0 Å². The van der Waals surface area contributed by atoms with Gasteiger partial charge in [0.05, 0.1) is 19.6 Å². The number of benzene rings is 1. The normalized spacial score (nSPS) is 16.6. The molecular formula is C29H41F3N4O2. The first kappa shape index (κ1) is 31.1. The molecule has 0 aliphatic heterocycles. The number of amides is 1. The molecule has 0 fully saturated rings. The number of aliphatic imine (C=N–C) groups is 1. The highest BCUT2D eigenvalue weighted by Gasteiger charge is 2.27. The van der Waals surface area contributed by atoms with Crippen molar-refractivity contribution in [3.8, 4) is 5.75 Å². The van der Waals surface area contributed by atoms with Gasteiger partial charge >= 0.3 is 6.18 Å². The third-order valence-corrected chi connectivity index (χ3v) is 6.97. The molecule has 0 saturated heterocycles. The number of hydrogen-bond acceptors (Lipinski definition) is 5. The van der Waals surface area contributed by atoms with Crippen molar-refractivity contribution in [2.24, 2.45) is 16.6 Å². The summed E-state index contributed by atoms with van der Waals surface area (Å²) < 4.78 is 43.0. The van der Waals surface area contributed by atoms with E-state index in [1.54, 1.807) is 32.3 Å². The van der Waals surface area contributed by atoms with Gasteiger partial charge in [-0.05, 0) is 81.9 Å². The Balaban J connectivity index is 2.12. The Hall–Kier alpha value is -3.07. The number of allylic oxidation sites excluding steroid dienone is 3. The predicted octanol–water partition coefficient (Wildman–Crippen LogP) is 5.82. The molecule has 2 rings (SSSR count). The van der Waals surface area contributed by atoms with Gasteiger partial charge < -0.3 is 20.7 Å². The number of rotatable bonds is 12. The summed E-state index contributed by atoms with van der Waals surface area (Å²) >= 11 is 0. The number of carbonyl (C=O) groups is 1. The molecule has 1 aliphatic carbocycles. The second kappa shape index (κ2) is 14.2. The molecule has 0 heterocycles. The van der Waals surface area contributed by atoms with E-state index in [0.717, 1.165) is 47.1 Å². The van der Waals surface area contributed by atoms with E-state index in [0.29, 0.717) is 17.9 Å². The van der Waals surface area contributed by atoms with Crippen LogP contribution < -0.4 is 15.8 Å². The van der Waals surface area contributed by atoms with E-state index in [1.165, 1.54) is 6.20 Å². The first-order chi connectivity index (χ1) is 17.9. The molecule has 3 N–H and O–H groups in total. The number of nitrogens with two attached hydrogens (primary N) is 1. The number of ether oxygens (including phenoxy) is 1. The number of hydrogen-bond donors (Lipinski definition) is 2. The van der Waals surface area contributed by atoms with E-state index in [4.69, 9.17) is 10.5 Å².